The molecule has 2 N–H and O–H groups in total. The fourth-order valence-electron chi connectivity index (χ4n) is 4.27. The third-order valence-corrected chi connectivity index (χ3v) is 8.81. The molecule has 32 heavy (non-hydrogen) atoms. The van der Waals surface area contributed by atoms with Crippen molar-refractivity contribution >= 4 is 74.5 Å². The predicted octanol–water partition coefficient (Wildman–Crippen LogP) is 1.69. The van der Waals surface area contributed by atoms with Crippen LogP contribution in [0.3, 0.4) is 0 Å². The van der Waals surface area contributed by atoms with Crippen LogP contribution >= 0.6 is 46.6 Å². The largest absolute Gasteiger partial charge is 0.459 e. The summed E-state index contributed by atoms with van der Waals surface area (Å²) in [6.45, 7) is 1.36. The summed E-state index contributed by atoms with van der Waals surface area (Å²) in [4.78, 5) is 39.1. The Balaban J connectivity index is 1.44. The Morgan fingerprint density at radius 3 is 2.62 bits per heavy atom. The molecule has 2 saturated heterocycles. The highest BCUT2D eigenvalue weighted by Gasteiger charge is 2.85. The first kappa shape index (κ1) is 23.9. The highest BCUT2D eigenvalue weighted by molar-refractivity contribution is 8.02. The Bertz CT molecular complexity index is 1130. The lowest BCUT2D eigenvalue weighted by Gasteiger charge is -2.46. The molecule has 2 heterocycles. The van der Waals surface area contributed by atoms with E-state index in [-0.39, 0.29) is 16.9 Å². The summed E-state index contributed by atoms with van der Waals surface area (Å²) in [5.74, 6) is -1.72. The molecule has 1 saturated carbocycles. The van der Waals surface area contributed by atoms with Gasteiger partial charge < -0.3 is 15.0 Å². The second kappa shape index (κ2) is 7.64. The summed E-state index contributed by atoms with van der Waals surface area (Å²) in [7, 11) is -4.51. The number of thioether (sulfide) groups is 1. The Hall–Kier alpha value is -1.24. The van der Waals surface area contributed by atoms with Crippen molar-refractivity contribution in [2.45, 2.75) is 50.2 Å². The van der Waals surface area contributed by atoms with Crippen LogP contribution in [-0.2, 0) is 35.7 Å². The van der Waals surface area contributed by atoms with E-state index < -0.39 is 60.0 Å². The van der Waals surface area contributed by atoms with Gasteiger partial charge in [0, 0.05) is 6.42 Å². The van der Waals surface area contributed by atoms with Crippen LogP contribution in [0.4, 0.5) is 0 Å². The molecule has 14 heteroatoms. The van der Waals surface area contributed by atoms with Gasteiger partial charge in [-0.05, 0) is 18.6 Å². The Labute approximate surface area is 202 Å². The van der Waals surface area contributed by atoms with Gasteiger partial charge in [0.25, 0.3) is 10.1 Å². The van der Waals surface area contributed by atoms with Gasteiger partial charge in [-0.1, -0.05) is 53.0 Å². The zero-order valence-corrected chi connectivity index (χ0v) is 20.3. The Morgan fingerprint density at radius 2 is 2.00 bits per heavy atom. The molecule has 3 fully saturated rings. The third kappa shape index (κ3) is 3.86. The maximum Gasteiger partial charge on any atom is 0.333 e. The second-order valence-electron chi connectivity index (χ2n) is 7.98. The minimum absolute atomic E-state index is 0.0942. The summed E-state index contributed by atoms with van der Waals surface area (Å²) < 4.78 is 35.1. The van der Waals surface area contributed by atoms with E-state index in [1.165, 1.54) is 40.9 Å². The first-order chi connectivity index (χ1) is 14.7. The van der Waals surface area contributed by atoms with Crippen LogP contribution in [0.25, 0.3) is 0 Å². The van der Waals surface area contributed by atoms with E-state index in [0.717, 1.165) is 0 Å². The van der Waals surface area contributed by atoms with Gasteiger partial charge in [0.15, 0.2) is 5.54 Å². The molecule has 4 atom stereocenters. The number of carbonyl (C=O) groups is 3. The lowest BCUT2D eigenvalue weighted by Crippen LogP contribution is -2.72. The molecule has 2 aliphatic heterocycles. The fraction of sp³-hybridized carbons (Fsp3) is 0.500. The van der Waals surface area contributed by atoms with Gasteiger partial charge in [-0.3, -0.25) is 14.1 Å². The molecule has 2 amide bonds. The summed E-state index contributed by atoms with van der Waals surface area (Å²) >= 11 is 18.3. The number of carbonyl (C=O) groups excluding carboxylic acids is 3. The van der Waals surface area contributed by atoms with Crippen LogP contribution in [-0.4, -0.2) is 67.8 Å². The molecule has 1 aliphatic carbocycles. The normalized spacial score (nSPS) is 30.8. The number of hydrogen-bond donors (Lipinski definition) is 2. The van der Waals surface area contributed by atoms with Crippen molar-refractivity contribution < 1.29 is 32.1 Å². The smallest absolute Gasteiger partial charge is 0.333 e. The number of ether oxygens (including phenoxy) is 1. The number of halogens is 3. The fourth-order valence-corrected chi connectivity index (χ4v) is 7.06. The second-order valence-corrected chi connectivity index (χ2v) is 13.5. The topological polar surface area (TPSA) is 130 Å². The van der Waals surface area contributed by atoms with Gasteiger partial charge >= 0.3 is 5.97 Å². The standard InChI is InChI=1S/C18H17Cl3N2O7S2/c1-16-7-17(16,15(26)30-8-18(19,20)21)23-13(25)12(14(23)31-16)22-11(24)6-9-4-2-3-5-10(9)32(27,28)29/h2-5,12,14H,6-8H2,1H3,(H,22,24)(H,27,28,29)/t12?,14-,16?,17?/m0/s1. The SMILES string of the molecule is CC12CC1(C(=O)OCC(Cl)(Cl)Cl)N1C(=O)C(NC(=O)Cc3ccccc3S(=O)(=O)O)[C@@H]1S2. The lowest BCUT2D eigenvalue weighted by atomic mass is 10.00. The highest BCUT2D eigenvalue weighted by atomic mass is 35.6. The van der Waals surface area contributed by atoms with Crippen molar-refractivity contribution in [2.24, 2.45) is 0 Å². The van der Waals surface area contributed by atoms with Crippen LogP contribution in [0.5, 0.6) is 0 Å². The molecule has 174 valence electrons. The van der Waals surface area contributed by atoms with E-state index in [1.807, 2.05) is 6.92 Å². The molecule has 4 rings (SSSR count). The average Bonchev–Trinajstić information content (AvgIpc) is 3.20. The molecular formula is C18H17Cl3N2O7S2. The first-order valence-corrected chi connectivity index (χ1v) is 12.7. The summed E-state index contributed by atoms with van der Waals surface area (Å²) in [6.07, 6.45) is 0.0266. The number of esters is 1. The zero-order chi connectivity index (χ0) is 23.7. The number of β-lactam (4-membered cyclic amide) rings is 1. The van der Waals surface area contributed by atoms with Crippen molar-refractivity contribution in [2.75, 3.05) is 6.61 Å². The van der Waals surface area contributed by atoms with Crippen molar-refractivity contribution in [1.29, 1.82) is 0 Å². The van der Waals surface area contributed by atoms with Crippen LogP contribution in [0.1, 0.15) is 18.9 Å². The van der Waals surface area contributed by atoms with Crippen molar-refractivity contribution in [3.05, 3.63) is 29.8 Å². The molecule has 1 aromatic carbocycles. The number of nitrogens with one attached hydrogen (secondary N) is 1. The summed E-state index contributed by atoms with van der Waals surface area (Å²) in [5.41, 5.74) is -1.08. The van der Waals surface area contributed by atoms with Gasteiger partial charge in [0.2, 0.25) is 15.6 Å². The van der Waals surface area contributed by atoms with E-state index in [2.05, 4.69) is 5.32 Å². The third-order valence-electron chi connectivity index (χ3n) is 5.80. The quantitative estimate of drug-likeness (QED) is 0.240. The van der Waals surface area contributed by atoms with Gasteiger partial charge in [-0.15, -0.1) is 11.8 Å². The maximum absolute atomic E-state index is 12.8. The average molecular weight is 544 g/mol. The van der Waals surface area contributed by atoms with Crippen molar-refractivity contribution in [3.8, 4) is 0 Å². The van der Waals surface area contributed by atoms with E-state index in [0.29, 0.717) is 6.42 Å². The van der Waals surface area contributed by atoms with E-state index in [4.69, 9.17) is 39.5 Å². The number of rotatable bonds is 6. The van der Waals surface area contributed by atoms with Gasteiger partial charge in [0.05, 0.1) is 16.1 Å². The Morgan fingerprint density at radius 1 is 1.34 bits per heavy atom. The van der Waals surface area contributed by atoms with Crippen LogP contribution in [0.2, 0.25) is 0 Å². The van der Waals surface area contributed by atoms with Crippen molar-refractivity contribution in [1.82, 2.24) is 10.2 Å². The van der Waals surface area contributed by atoms with Crippen LogP contribution in [0.15, 0.2) is 29.2 Å². The van der Waals surface area contributed by atoms with E-state index >= 15 is 0 Å². The molecule has 0 spiro atoms. The summed E-state index contributed by atoms with van der Waals surface area (Å²) in [6, 6.07) is 4.64. The molecule has 0 bridgehead atoms. The molecule has 0 aromatic heterocycles. The molecule has 0 radical (unpaired) electrons. The van der Waals surface area contributed by atoms with Crippen LogP contribution in [0, 0.1) is 0 Å². The number of alkyl halides is 3. The van der Waals surface area contributed by atoms with E-state index in [9.17, 15) is 27.4 Å². The van der Waals surface area contributed by atoms with Crippen molar-refractivity contribution in [3.63, 3.8) is 0 Å². The lowest BCUT2D eigenvalue weighted by molar-refractivity contribution is -0.166. The molecule has 3 aliphatic rings. The van der Waals surface area contributed by atoms with E-state index in [1.54, 1.807) is 0 Å². The number of nitrogens with zero attached hydrogens (tertiary/aromatic N) is 1. The number of amides is 2. The van der Waals surface area contributed by atoms with Gasteiger partial charge in [-0.2, -0.15) is 8.42 Å². The van der Waals surface area contributed by atoms with Crippen LogP contribution < -0.4 is 5.32 Å². The summed E-state index contributed by atoms with van der Waals surface area (Å²) in [5, 5.41) is 2.11. The number of hydrogen-bond acceptors (Lipinski definition) is 7. The van der Waals surface area contributed by atoms with Gasteiger partial charge in [-0.25, -0.2) is 4.79 Å². The molecule has 9 nitrogen and oxygen atoms in total. The monoisotopic (exact) mass is 542 g/mol. The molecule has 3 unspecified atom stereocenters. The minimum Gasteiger partial charge on any atom is -0.459 e. The highest BCUT2D eigenvalue weighted by Crippen LogP contribution is 2.72. The molecule has 1 aromatic rings. The maximum atomic E-state index is 12.8. The molecular weight excluding hydrogens is 527 g/mol. The number of fused-ring (bicyclic) bond motifs is 3. The number of benzene rings is 1. The predicted molar refractivity (Wildman–Crippen MR) is 117 cm³/mol. The first-order valence-electron chi connectivity index (χ1n) is 9.29. The van der Waals surface area contributed by atoms with Gasteiger partial charge in [0.1, 0.15) is 18.0 Å². The zero-order valence-electron chi connectivity index (χ0n) is 16.4. The minimum atomic E-state index is -4.51. The Kier molecular flexibility index (Phi) is 5.71.